The highest BCUT2D eigenvalue weighted by molar-refractivity contribution is 9.10. The molecule has 0 amide bonds. The Kier molecular flexibility index (Phi) is 4.39. The lowest BCUT2D eigenvalue weighted by Crippen LogP contribution is -2.44. The predicted molar refractivity (Wildman–Crippen MR) is 117 cm³/mol. The molecule has 0 saturated heterocycles. The van der Waals surface area contributed by atoms with Crippen molar-refractivity contribution in [2.24, 2.45) is 0 Å². The molecule has 0 bridgehead atoms. The maximum absolute atomic E-state index is 13.1. The lowest BCUT2D eigenvalue weighted by molar-refractivity contribution is -0.140. The Bertz CT molecular complexity index is 1290. The number of benzene rings is 3. The Morgan fingerprint density at radius 3 is 2.37 bits per heavy atom. The van der Waals surface area contributed by atoms with Crippen molar-refractivity contribution in [2.75, 3.05) is 0 Å². The highest BCUT2D eigenvalue weighted by atomic mass is 79.9. The number of carboxylic acids is 1. The maximum Gasteiger partial charge on any atom is 0.325 e. The summed E-state index contributed by atoms with van der Waals surface area (Å²) in [4.78, 5) is 12.1. The third-order valence-electron chi connectivity index (χ3n) is 5.99. The highest BCUT2D eigenvalue weighted by Gasteiger charge is 2.63. The molecule has 1 saturated carbocycles. The van der Waals surface area contributed by atoms with E-state index in [2.05, 4.69) is 20.7 Å². The summed E-state index contributed by atoms with van der Waals surface area (Å²) in [6.45, 7) is 0. The van der Waals surface area contributed by atoms with Gasteiger partial charge in [0.15, 0.2) is 0 Å². The molecule has 2 N–H and O–H groups in total. The van der Waals surface area contributed by atoms with Gasteiger partial charge in [-0.1, -0.05) is 58.4 Å². The van der Waals surface area contributed by atoms with Gasteiger partial charge in [0.1, 0.15) is 5.54 Å². The van der Waals surface area contributed by atoms with Crippen molar-refractivity contribution >= 4 is 31.9 Å². The summed E-state index contributed by atoms with van der Waals surface area (Å²) in [7, 11) is -4.00. The average Bonchev–Trinajstić information content (AvgIpc) is 3.33. The number of halogens is 1. The van der Waals surface area contributed by atoms with Crippen LogP contribution in [-0.2, 0) is 21.2 Å². The maximum atomic E-state index is 13.1. The molecular formula is C23H18BrNO4S. The van der Waals surface area contributed by atoms with Gasteiger partial charge in [0.05, 0.1) is 4.90 Å². The van der Waals surface area contributed by atoms with E-state index >= 15 is 0 Å². The largest absolute Gasteiger partial charge is 0.480 e. The molecule has 0 radical (unpaired) electrons. The Labute approximate surface area is 182 Å². The van der Waals surface area contributed by atoms with Gasteiger partial charge in [-0.15, -0.1) is 0 Å². The smallest absolute Gasteiger partial charge is 0.325 e. The van der Waals surface area contributed by atoms with E-state index in [0.717, 1.165) is 32.3 Å². The minimum Gasteiger partial charge on any atom is -0.480 e. The summed E-state index contributed by atoms with van der Waals surface area (Å²) in [5.41, 5.74) is 3.47. The van der Waals surface area contributed by atoms with Crippen LogP contribution in [0.2, 0.25) is 0 Å². The molecule has 152 valence electrons. The number of rotatable bonds is 5. The molecule has 0 aromatic heterocycles. The van der Waals surface area contributed by atoms with Gasteiger partial charge in [-0.3, -0.25) is 4.79 Å². The van der Waals surface area contributed by atoms with Crippen LogP contribution in [0.4, 0.5) is 0 Å². The van der Waals surface area contributed by atoms with Gasteiger partial charge < -0.3 is 5.11 Å². The van der Waals surface area contributed by atoms with E-state index in [4.69, 9.17) is 0 Å². The molecule has 0 spiro atoms. The molecule has 0 heterocycles. The molecule has 0 aliphatic heterocycles. The zero-order valence-corrected chi connectivity index (χ0v) is 18.2. The van der Waals surface area contributed by atoms with Gasteiger partial charge in [0.25, 0.3) is 0 Å². The number of hydrogen-bond donors (Lipinski definition) is 2. The quantitative estimate of drug-likeness (QED) is 0.442. The number of carbonyl (C=O) groups is 1. The van der Waals surface area contributed by atoms with Crippen molar-refractivity contribution in [2.45, 2.75) is 29.2 Å². The van der Waals surface area contributed by atoms with Crippen LogP contribution in [0.1, 0.15) is 29.0 Å². The highest BCUT2D eigenvalue weighted by Crippen LogP contribution is 2.52. The van der Waals surface area contributed by atoms with Gasteiger partial charge in [0.2, 0.25) is 10.0 Å². The van der Waals surface area contributed by atoms with Crippen LogP contribution in [0, 0.1) is 0 Å². The normalized spacial score (nSPS) is 21.7. The minimum absolute atomic E-state index is 0.0902. The van der Waals surface area contributed by atoms with E-state index in [0.29, 0.717) is 6.42 Å². The molecule has 1 fully saturated rings. The van der Waals surface area contributed by atoms with E-state index in [-0.39, 0.29) is 17.2 Å². The first-order valence-corrected chi connectivity index (χ1v) is 11.8. The summed E-state index contributed by atoms with van der Waals surface area (Å²) in [6, 6.07) is 20.2. The van der Waals surface area contributed by atoms with E-state index in [1.807, 2.05) is 48.5 Å². The van der Waals surface area contributed by atoms with Crippen LogP contribution in [0.5, 0.6) is 0 Å². The molecule has 7 heteroatoms. The van der Waals surface area contributed by atoms with Gasteiger partial charge >= 0.3 is 5.97 Å². The second kappa shape index (κ2) is 6.77. The number of sulfonamides is 1. The number of aliphatic carboxylic acids is 1. The molecule has 3 aromatic rings. The third kappa shape index (κ3) is 3.09. The summed E-state index contributed by atoms with van der Waals surface area (Å²) in [5.74, 6) is -1.54. The SMILES string of the molecule is O=C(O)[C@@]1(NS(=O)(=O)c2ccc3c(c2)Cc2cc(Br)ccc2-3)C[C@H]1c1ccccc1. The Hall–Kier alpha value is -2.48. The summed E-state index contributed by atoms with van der Waals surface area (Å²) >= 11 is 3.47. The number of carboxylic acid groups (broad SMARTS) is 1. The van der Waals surface area contributed by atoms with E-state index < -0.39 is 21.5 Å². The van der Waals surface area contributed by atoms with Crippen molar-refractivity contribution in [1.82, 2.24) is 4.72 Å². The Balaban J connectivity index is 1.46. The average molecular weight is 484 g/mol. The van der Waals surface area contributed by atoms with Crippen LogP contribution in [0.25, 0.3) is 11.1 Å². The van der Waals surface area contributed by atoms with Crippen LogP contribution < -0.4 is 4.72 Å². The first-order valence-electron chi connectivity index (χ1n) is 9.54. The van der Waals surface area contributed by atoms with Gasteiger partial charge in [-0.2, -0.15) is 4.72 Å². The van der Waals surface area contributed by atoms with Gasteiger partial charge in [0, 0.05) is 10.4 Å². The fraction of sp³-hybridized carbons (Fsp3) is 0.174. The van der Waals surface area contributed by atoms with Crippen molar-refractivity contribution in [1.29, 1.82) is 0 Å². The van der Waals surface area contributed by atoms with Crippen molar-refractivity contribution in [3.8, 4) is 11.1 Å². The van der Waals surface area contributed by atoms with Crippen molar-refractivity contribution < 1.29 is 18.3 Å². The number of fused-ring (bicyclic) bond motifs is 3. The summed E-state index contributed by atoms with van der Waals surface area (Å²) in [6.07, 6.45) is 0.875. The van der Waals surface area contributed by atoms with Gasteiger partial charge in [-0.05, 0) is 64.9 Å². The first-order chi connectivity index (χ1) is 14.3. The zero-order chi connectivity index (χ0) is 21.1. The van der Waals surface area contributed by atoms with Crippen LogP contribution in [0.15, 0.2) is 76.1 Å². The predicted octanol–water partition coefficient (Wildman–Crippen LogP) is 4.31. The molecule has 3 aromatic carbocycles. The van der Waals surface area contributed by atoms with E-state index in [9.17, 15) is 18.3 Å². The second-order valence-electron chi connectivity index (χ2n) is 7.85. The van der Waals surface area contributed by atoms with Crippen molar-refractivity contribution in [3.05, 3.63) is 87.9 Å². The topological polar surface area (TPSA) is 83.5 Å². The minimum atomic E-state index is -4.00. The van der Waals surface area contributed by atoms with Crippen LogP contribution in [0.3, 0.4) is 0 Å². The van der Waals surface area contributed by atoms with Gasteiger partial charge in [-0.25, -0.2) is 8.42 Å². The first kappa shape index (κ1) is 19.5. The molecule has 5 rings (SSSR count). The molecule has 2 aliphatic carbocycles. The fourth-order valence-electron chi connectivity index (χ4n) is 4.37. The fourth-order valence-corrected chi connectivity index (χ4v) is 6.23. The molecule has 0 unspecified atom stereocenters. The monoisotopic (exact) mass is 483 g/mol. The zero-order valence-electron chi connectivity index (χ0n) is 15.8. The lowest BCUT2D eigenvalue weighted by atomic mass is 10.1. The molecule has 5 nitrogen and oxygen atoms in total. The Morgan fingerprint density at radius 2 is 1.67 bits per heavy atom. The summed E-state index contributed by atoms with van der Waals surface area (Å²) in [5, 5.41) is 9.81. The molecule has 2 atom stereocenters. The van der Waals surface area contributed by atoms with E-state index in [1.54, 1.807) is 18.2 Å². The van der Waals surface area contributed by atoms with Crippen LogP contribution >= 0.6 is 15.9 Å². The number of hydrogen-bond acceptors (Lipinski definition) is 3. The Morgan fingerprint density at radius 1 is 1.00 bits per heavy atom. The molecular weight excluding hydrogens is 466 g/mol. The standard InChI is InChI=1S/C23H18BrNO4S/c24-17-6-8-19-15(11-17)10-16-12-18(7-9-20(16)19)30(28,29)25-23(22(26)27)13-21(23)14-4-2-1-3-5-14/h1-9,11-12,21,25H,10,13H2,(H,26,27)/t21-,23+/m0/s1. The summed E-state index contributed by atoms with van der Waals surface area (Å²) < 4.78 is 29.7. The molecule has 2 aliphatic rings. The molecule has 30 heavy (non-hydrogen) atoms. The second-order valence-corrected chi connectivity index (χ2v) is 10.4. The lowest BCUT2D eigenvalue weighted by Gasteiger charge is -2.16. The number of nitrogens with one attached hydrogen (secondary N) is 1. The van der Waals surface area contributed by atoms with E-state index in [1.165, 1.54) is 0 Å². The van der Waals surface area contributed by atoms with Crippen LogP contribution in [-0.4, -0.2) is 25.0 Å². The van der Waals surface area contributed by atoms with Crippen molar-refractivity contribution in [3.63, 3.8) is 0 Å². The third-order valence-corrected chi connectivity index (χ3v) is 7.99.